The number of aromatic nitrogens is 1. The third-order valence-electron chi connectivity index (χ3n) is 5.13. The Kier molecular flexibility index (Phi) is 5.94. The van der Waals surface area contributed by atoms with Gasteiger partial charge in [-0.1, -0.05) is 17.7 Å². The Balaban J connectivity index is 1.39. The number of carbonyl (C=O) groups excluding carboxylic acids is 1. The summed E-state index contributed by atoms with van der Waals surface area (Å²) in [6.07, 6.45) is 0. The molecule has 13 heteroatoms. The third kappa shape index (κ3) is 4.30. The van der Waals surface area contributed by atoms with Gasteiger partial charge in [0.1, 0.15) is 28.0 Å². The Bertz CT molecular complexity index is 1630. The van der Waals surface area contributed by atoms with E-state index in [9.17, 15) is 22.7 Å². The van der Waals surface area contributed by atoms with Gasteiger partial charge < -0.3 is 19.6 Å². The molecule has 1 amide bonds. The molecule has 0 saturated carbocycles. The highest BCUT2D eigenvalue weighted by Gasteiger charge is 2.39. The molecular formula is C23H15ClFN3O6S2. The predicted molar refractivity (Wildman–Crippen MR) is 131 cm³/mol. The number of sulfonamides is 1. The number of hydrogen-bond donors (Lipinski definition) is 2. The van der Waals surface area contributed by atoms with Crippen LogP contribution in [-0.4, -0.2) is 35.8 Å². The topological polar surface area (TPSA) is 122 Å². The molecule has 4 aromatic rings. The molecule has 36 heavy (non-hydrogen) atoms. The van der Waals surface area contributed by atoms with E-state index in [2.05, 4.69) is 10.3 Å². The van der Waals surface area contributed by atoms with Crippen molar-refractivity contribution in [2.24, 2.45) is 0 Å². The zero-order chi connectivity index (χ0) is 25.6. The second kappa shape index (κ2) is 8.97. The van der Waals surface area contributed by atoms with Gasteiger partial charge >= 0.3 is 0 Å². The molecule has 0 radical (unpaired) electrons. The molecule has 1 aromatic carbocycles. The molecular weight excluding hydrogens is 533 g/mol. The number of thiophene rings is 1. The molecule has 1 aliphatic rings. The molecule has 0 saturated heterocycles. The lowest BCUT2D eigenvalue weighted by Gasteiger charge is -2.26. The molecule has 0 fully saturated rings. The summed E-state index contributed by atoms with van der Waals surface area (Å²) >= 11 is 6.78. The molecule has 2 N–H and O–H groups in total. The van der Waals surface area contributed by atoms with Gasteiger partial charge in [-0.25, -0.2) is 17.8 Å². The van der Waals surface area contributed by atoms with Crippen LogP contribution in [0.3, 0.4) is 0 Å². The van der Waals surface area contributed by atoms with Gasteiger partial charge in [0.2, 0.25) is 0 Å². The van der Waals surface area contributed by atoms with Crippen LogP contribution in [0.25, 0.3) is 17.2 Å². The Labute approximate surface area is 213 Å². The lowest BCUT2D eigenvalue weighted by Crippen LogP contribution is -2.36. The number of aliphatic hydroxyl groups is 1. The van der Waals surface area contributed by atoms with Crippen molar-refractivity contribution < 1.29 is 31.9 Å². The summed E-state index contributed by atoms with van der Waals surface area (Å²) in [6.45, 7) is 0. The van der Waals surface area contributed by atoms with E-state index in [1.165, 1.54) is 36.4 Å². The summed E-state index contributed by atoms with van der Waals surface area (Å²) in [5, 5.41) is 13.2. The number of pyridine rings is 1. The fraction of sp³-hybridized carbons (Fsp3) is 0.0435. The molecule has 1 aliphatic heterocycles. The molecule has 184 valence electrons. The summed E-state index contributed by atoms with van der Waals surface area (Å²) in [7, 11) is -2.93. The standard InChI is InChI=1S/C23H15ClFN3O6S2/c1-28-20(21(29)22-16(36(28,31)32)11-17(24)35-22)23(30)27-18-4-2-3-14(26-18)15-9-10-19(34-15)33-13-7-5-12(25)6-8-13/h2-11,29H,1H3,(H,26,27,30). The number of carbonyl (C=O) groups is 1. The van der Waals surface area contributed by atoms with Gasteiger partial charge in [-0.3, -0.25) is 9.10 Å². The number of hydrogen-bond acceptors (Lipinski definition) is 8. The zero-order valence-electron chi connectivity index (χ0n) is 18.2. The molecule has 3 aromatic heterocycles. The number of nitrogens with zero attached hydrogens (tertiary/aromatic N) is 2. The largest absolute Gasteiger partial charge is 0.504 e. The molecule has 4 heterocycles. The Hall–Kier alpha value is -3.87. The van der Waals surface area contributed by atoms with Crippen LogP contribution in [-0.2, 0) is 14.8 Å². The van der Waals surface area contributed by atoms with Gasteiger partial charge in [-0.2, -0.15) is 0 Å². The molecule has 5 rings (SSSR count). The maximum Gasteiger partial charge on any atom is 0.290 e. The second-order valence-electron chi connectivity index (χ2n) is 7.45. The van der Waals surface area contributed by atoms with Crippen LogP contribution in [0.15, 0.2) is 75.7 Å². The van der Waals surface area contributed by atoms with E-state index in [-0.39, 0.29) is 25.9 Å². The molecule has 0 bridgehead atoms. The minimum Gasteiger partial charge on any atom is -0.504 e. The average molecular weight is 548 g/mol. The number of aliphatic hydroxyl groups excluding tert-OH is 1. The maximum atomic E-state index is 13.1. The normalized spacial score (nSPS) is 14.5. The highest BCUT2D eigenvalue weighted by atomic mass is 35.5. The lowest BCUT2D eigenvalue weighted by molar-refractivity contribution is -0.113. The molecule has 0 aliphatic carbocycles. The van der Waals surface area contributed by atoms with Crippen LogP contribution in [0.2, 0.25) is 4.34 Å². The van der Waals surface area contributed by atoms with E-state index in [0.29, 0.717) is 21.5 Å². The van der Waals surface area contributed by atoms with Crippen LogP contribution in [0.5, 0.6) is 11.7 Å². The number of benzene rings is 1. The van der Waals surface area contributed by atoms with E-state index in [1.807, 2.05) is 0 Å². The van der Waals surface area contributed by atoms with Gasteiger partial charge in [0, 0.05) is 13.1 Å². The van der Waals surface area contributed by atoms with Crippen molar-refractivity contribution in [3.05, 3.63) is 81.4 Å². The monoisotopic (exact) mass is 547 g/mol. The van der Waals surface area contributed by atoms with Crippen molar-refractivity contribution in [3.63, 3.8) is 0 Å². The van der Waals surface area contributed by atoms with Crippen molar-refractivity contribution in [3.8, 4) is 23.1 Å². The molecule has 0 unspecified atom stereocenters. The van der Waals surface area contributed by atoms with E-state index >= 15 is 0 Å². The first kappa shape index (κ1) is 23.9. The first-order valence-corrected chi connectivity index (χ1v) is 12.8. The first-order chi connectivity index (χ1) is 17.1. The fourth-order valence-electron chi connectivity index (χ4n) is 3.43. The van der Waals surface area contributed by atoms with Gasteiger partial charge in [0.15, 0.2) is 17.2 Å². The van der Waals surface area contributed by atoms with Crippen molar-refractivity contribution >= 4 is 50.4 Å². The number of anilines is 1. The summed E-state index contributed by atoms with van der Waals surface area (Å²) < 4.78 is 50.7. The lowest BCUT2D eigenvalue weighted by atomic mass is 10.2. The summed E-state index contributed by atoms with van der Waals surface area (Å²) in [4.78, 5) is 17.1. The highest BCUT2D eigenvalue weighted by Crippen LogP contribution is 2.41. The number of likely N-dealkylation sites (N-methyl/N-ethyl adjacent to an activating group) is 1. The minimum atomic E-state index is -4.09. The zero-order valence-corrected chi connectivity index (χ0v) is 20.6. The van der Waals surface area contributed by atoms with E-state index in [0.717, 1.165) is 18.4 Å². The quantitative estimate of drug-likeness (QED) is 0.339. The SMILES string of the molecule is CN1C(C(=O)Nc2cccc(-c3ccc(Oc4ccc(F)cc4)o3)n2)=C(O)c2sc(Cl)cc2S1(=O)=O. The molecule has 9 nitrogen and oxygen atoms in total. The summed E-state index contributed by atoms with van der Waals surface area (Å²) in [5.41, 5.74) is -0.127. The van der Waals surface area contributed by atoms with Gasteiger partial charge in [-0.15, -0.1) is 11.3 Å². The van der Waals surface area contributed by atoms with E-state index < -0.39 is 33.2 Å². The smallest absolute Gasteiger partial charge is 0.290 e. The number of furan rings is 1. The van der Waals surface area contributed by atoms with Gasteiger partial charge in [-0.05, 0) is 48.5 Å². The fourth-order valence-corrected chi connectivity index (χ4v) is 6.37. The number of nitrogens with one attached hydrogen (secondary N) is 1. The van der Waals surface area contributed by atoms with Crippen molar-refractivity contribution in [1.82, 2.24) is 9.29 Å². The molecule has 0 atom stereocenters. The van der Waals surface area contributed by atoms with E-state index in [1.54, 1.807) is 24.3 Å². The predicted octanol–water partition coefficient (Wildman–Crippen LogP) is 5.49. The van der Waals surface area contributed by atoms with Crippen LogP contribution in [0.1, 0.15) is 4.88 Å². The minimum absolute atomic E-state index is 0.0192. The Morgan fingerprint density at radius 3 is 2.69 bits per heavy atom. The summed E-state index contributed by atoms with van der Waals surface area (Å²) in [5.74, 6) is -0.883. The first-order valence-electron chi connectivity index (χ1n) is 10.2. The number of amides is 1. The number of ether oxygens (including phenoxy) is 1. The third-order valence-corrected chi connectivity index (χ3v) is 8.31. The van der Waals surface area contributed by atoms with Crippen molar-refractivity contribution in [2.75, 3.05) is 12.4 Å². The van der Waals surface area contributed by atoms with Crippen molar-refractivity contribution in [2.45, 2.75) is 4.90 Å². The van der Waals surface area contributed by atoms with Crippen molar-refractivity contribution in [1.29, 1.82) is 0 Å². The van der Waals surface area contributed by atoms with Crippen LogP contribution in [0.4, 0.5) is 10.2 Å². The van der Waals surface area contributed by atoms with Crippen LogP contribution in [0, 0.1) is 5.82 Å². The number of fused-ring (bicyclic) bond motifs is 1. The highest BCUT2D eigenvalue weighted by molar-refractivity contribution is 7.89. The van der Waals surface area contributed by atoms with Gasteiger partial charge in [0.05, 0.1) is 9.21 Å². The van der Waals surface area contributed by atoms with Crippen LogP contribution >= 0.6 is 22.9 Å². The number of rotatable bonds is 5. The Morgan fingerprint density at radius 1 is 1.19 bits per heavy atom. The summed E-state index contributed by atoms with van der Waals surface area (Å²) in [6, 6.07) is 14.5. The molecule has 0 spiro atoms. The number of halogens is 2. The van der Waals surface area contributed by atoms with E-state index in [4.69, 9.17) is 20.8 Å². The second-order valence-corrected chi connectivity index (χ2v) is 11.1. The maximum absolute atomic E-state index is 13.1. The van der Waals surface area contributed by atoms with Crippen LogP contribution < -0.4 is 10.1 Å². The van der Waals surface area contributed by atoms with Gasteiger partial charge in [0.25, 0.3) is 21.9 Å². The average Bonchev–Trinajstić information content (AvgIpc) is 3.47. The Morgan fingerprint density at radius 2 is 1.94 bits per heavy atom.